The molecule has 0 aromatic heterocycles. The molecule has 0 atom stereocenters. The summed E-state index contributed by atoms with van der Waals surface area (Å²) in [6.45, 7) is 5.78. The van der Waals surface area contributed by atoms with Gasteiger partial charge in [0.1, 0.15) is 10.6 Å². The van der Waals surface area contributed by atoms with Crippen LogP contribution in [0.4, 0.5) is 0 Å². The average Bonchev–Trinajstić information content (AvgIpc) is 2.87. The van der Waals surface area contributed by atoms with Gasteiger partial charge in [-0.25, -0.2) is 8.42 Å². The molecule has 2 fully saturated rings. The summed E-state index contributed by atoms with van der Waals surface area (Å²) in [6.07, 6.45) is 1.27. The van der Waals surface area contributed by atoms with Crippen LogP contribution in [0.3, 0.4) is 0 Å². The molecule has 7 nitrogen and oxygen atoms in total. The zero-order chi connectivity index (χ0) is 26.8. The summed E-state index contributed by atoms with van der Waals surface area (Å²) in [7, 11) is -1.79. The summed E-state index contributed by atoms with van der Waals surface area (Å²) >= 11 is 18.5. The third-order valence-electron chi connectivity index (χ3n) is 7.37. The van der Waals surface area contributed by atoms with Crippen LogP contribution in [0.1, 0.15) is 24.8 Å². The molecule has 0 bridgehead atoms. The van der Waals surface area contributed by atoms with E-state index in [0.29, 0.717) is 49.7 Å². The van der Waals surface area contributed by atoms with Crippen molar-refractivity contribution in [3.8, 4) is 5.75 Å². The van der Waals surface area contributed by atoms with E-state index in [1.54, 1.807) is 18.2 Å². The summed E-state index contributed by atoms with van der Waals surface area (Å²) in [5.74, 6) is 0.757. The zero-order valence-corrected chi connectivity index (χ0v) is 24.1. The molecule has 2 aliphatic heterocycles. The standard InChI is InChI=1S/C26H32Cl3N3O4S/c1-19-16-20(6-7-21(19)27)36-18-26(17-24(33)31-14-12-30(2)13-15-31)8-10-32(11-9-26)37(34,35)23-5-3-4-22(28)25(23)29/h3-7,16H,8-15,17-18H2,1-2H3. The van der Waals surface area contributed by atoms with Crippen LogP contribution in [-0.4, -0.2) is 81.4 Å². The number of carbonyl (C=O) groups excluding carboxylic acids is 1. The van der Waals surface area contributed by atoms with Crippen molar-refractivity contribution >= 4 is 50.7 Å². The van der Waals surface area contributed by atoms with Crippen LogP contribution in [0.5, 0.6) is 5.75 Å². The maximum atomic E-state index is 13.4. The average molecular weight is 589 g/mol. The summed E-state index contributed by atoms with van der Waals surface area (Å²) in [4.78, 5) is 17.4. The number of hydrogen-bond acceptors (Lipinski definition) is 5. The number of halogens is 3. The molecular weight excluding hydrogens is 557 g/mol. The van der Waals surface area contributed by atoms with E-state index < -0.39 is 15.4 Å². The van der Waals surface area contributed by atoms with Crippen molar-refractivity contribution in [3.05, 3.63) is 57.0 Å². The Morgan fingerprint density at radius 2 is 1.65 bits per heavy atom. The van der Waals surface area contributed by atoms with Gasteiger partial charge >= 0.3 is 0 Å². The highest BCUT2D eigenvalue weighted by molar-refractivity contribution is 7.89. The van der Waals surface area contributed by atoms with Crippen LogP contribution in [0, 0.1) is 12.3 Å². The smallest absolute Gasteiger partial charge is 0.244 e. The molecule has 37 heavy (non-hydrogen) atoms. The number of nitrogens with zero attached hydrogens (tertiary/aromatic N) is 3. The minimum atomic E-state index is -3.84. The Morgan fingerprint density at radius 1 is 0.973 bits per heavy atom. The molecule has 11 heteroatoms. The fourth-order valence-corrected chi connectivity index (χ4v) is 7.12. The van der Waals surface area contributed by atoms with Crippen LogP contribution in [0.25, 0.3) is 0 Å². The Hall–Kier alpha value is -1.55. The second-order valence-corrected chi connectivity index (χ2v) is 13.1. The number of carbonyl (C=O) groups is 1. The van der Waals surface area contributed by atoms with Gasteiger partial charge in [0.25, 0.3) is 0 Å². The zero-order valence-electron chi connectivity index (χ0n) is 21.1. The second-order valence-electron chi connectivity index (χ2n) is 10.0. The van der Waals surface area contributed by atoms with Crippen molar-refractivity contribution in [2.75, 3.05) is 52.9 Å². The highest BCUT2D eigenvalue weighted by Gasteiger charge is 2.42. The van der Waals surface area contributed by atoms with Crippen LogP contribution < -0.4 is 4.74 Å². The quantitative estimate of drug-likeness (QED) is 0.457. The minimum Gasteiger partial charge on any atom is -0.493 e. The molecule has 2 heterocycles. The number of benzene rings is 2. The first-order valence-electron chi connectivity index (χ1n) is 12.3. The number of piperazine rings is 1. The SMILES string of the molecule is Cc1cc(OCC2(CC(=O)N3CCN(C)CC3)CCN(S(=O)(=O)c3cccc(Cl)c3Cl)CC2)ccc1Cl. The van der Waals surface area contributed by atoms with Crippen molar-refractivity contribution in [2.45, 2.75) is 31.1 Å². The number of rotatable bonds is 7. The first-order chi connectivity index (χ1) is 17.5. The first kappa shape index (κ1) is 28.5. The Balaban J connectivity index is 1.52. The van der Waals surface area contributed by atoms with E-state index in [-0.39, 0.29) is 33.9 Å². The second kappa shape index (κ2) is 11.7. The molecule has 2 saturated heterocycles. The van der Waals surface area contributed by atoms with Gasteiger partial charge in [0.05, 0.1) is 16.7 Å². The summed E-state index contributed by atoms with van der Waals surface area (Å²) in [6, 6.07) is 10.1. The predicted molar refractivity (Wildman–Crippen MR) is 147 cm³/mol. The van der Waals surface area contributed by atoms with Crippen LogP contribution in [0.15, 0.2) is 41.3 Å². The molecule has 0 unspecified atom stereocenters. The maximum Gasteiger partial charge on any atom is 0.244 e. The van der Waals surface area contributed by atoms with E-state index in [4.69, 9.17) is 39.5 Å². The molecule has 0 saturated carbocycles. The van der Waals surface area contributed by atoms with Crippen molar-refractivity contribution in [3.63, 3.8) is 0 Å². The lowest BCUT2D eigenvalue weighted by Gasteiger charge is -2.42. The Kier molecular flexibility index (Phi) is 8.98. The number of ether oxygens (including phenoxy) is 1. The topological polar surface area (TPSA) is 70.2 Å². The third-order valence-corrected chi connectivity index (χ3v) is 10.7. The van der Waals surface area contributed by atoms with Gasteiger partial charge in [-0.05, 0) is 62.7 Å². The van der Waals surface area contributed by atoms with E-state index >= 15 is 0 Å². The van der Waals surface area contributed by atoms with Gasteiger partial charge in [-0.3, -0.25) is 4.79 Å². The predicted octanol–water partition coefficient (Wildman–Crippen LogP) is 4.97. The molecule has 0 aliphatic carbocycles. The van der Waals surface area contributed by atoms with Crippen molar-refractivity contribution in [1.29, 1.82) is 0 Å². The van der Waals surface area contributed by atoms with Crippen molar-refractivity contribution in [2.24, 2.45) is 5.41 Å². The molecule has 4 rings (SSSR count). The lowest BCUT2D eigenvalue weighted by atomic mass is 9.76. The van der Waals surface area contributed by atoms with Crippen LogP contribution in [-0.2, 0) is 14.8 Å². The monoisotopic (exact) mass is 587 g/mol. The number of amides is 1. The molecule has 0 spiro atoms. The fraction of sp³-hybridized carbons (Fsp3) is 0.500. The number of sulfonamides is 1. The summed E-state index contributed by atoms with van der Waals surface area (Å²) in [5.41, 5.74) is 0.402. The Morgan fingerprint density at radius 3 is 2.30 bits per heavy atom. The number of likely N-dealkylation sites (N-methyl/N-ethyl adjacent to an activating group) is 1. The normalized spacial score (nSPS) is 19.1. The Labute approximate surface area is 234 Å². The highest BCUT2D eigenvalue weighted by atomic mass is 35.5. The van der Waals surface area contributed by atoms with Crippen LogP contribution >= 0.6 is 34.8 Å². The van der Waals surface area contributed by atoms with Gasteiger partial charge in [0.2, 0.25) is 15.9 Å². The number of hydrogen-bond donors (Lipinski definition) is 0. The van der Waals surface area contributed by atoms with E-state index in [0.717, 1.165) is 18.7 Å². The van der Waals surface area contributed by atoms with E-state index in [1.807, 2.05) is 31.0 Å². The number of piperidine rings is 1. The van der Waals surface area contributed by atoms with Gasteiger partial charge in [0.15, 0.2) is 0 Å². The van der Waals surface area contributed by atoms with E-state index in [1.165, 1.54) is 10.4 Å². The molecule has 0 N–H and O–H groups in total. The van der Waals surface area contributed by atoms with Gasteiger partial charge in [-0.2, -0.15) is 4.31 Å². The third kappa shape index (κ3) is 6.54. The molecule has 2 aliphatic rings. The molecule has 202 valence electrons. The van der Waals surface area contributed by atoms with Crippen molar-refractivity contribution < 1.29 is 17.9 Å². The molecular formula is C26H32Cl3N3O4S. The fourth-order valence-electron chi connectivity index (χ4n) is 4.83. The van der Waals surface area contributed by atoms with Gasteiger partial charge in [-0.1, -0.05) is 40.9 Å². The van der Waals surface area contributed by atoms with Gasteiger partial charge < -0.3 is 14.5 Å². The molecule has 1 amide bonds. The van der Waals surface area contributed by atoms with Gasteiger partial charge in [-0.15, -0.1) is 0 Å². The van der Waals surface area contributed by atoms with Gasteiger partial charge in [0, 0.05) is 56.1 Å². The molecule has 2 aromatic rings. The van der Waals surface area contributed by atoms with Crippen molar-refractivity contribution in [1.82, 2.24) is 14.1 Å². The molecule has 2 aromatic carbocycles. The minimum absolute atomic E-state index is 0.00410. The highest BCUT2D eigenvalue weighted by Crippen LogP contribution is 2.40. The Bertz CT molecular complexity index is 1240. The summed E-state index contributed by atoms with van der Waals surface area (Å²) < 4.78 is 34.4. The first-order valence-corrected chi connectivity index (χ1v) is 14.9. The summed E-state index contributed by atoms with van der Waals surface area (Å²) in [5, 5.41) is 0.872. The lowest BCUT2D eigenvalue weighted by molar-refractivity contribution is -0.136. The number of aryl methyl sites for hydroxylation is 1. The maximum absolute atomic E-state index is 13.4. The molecule has 0 radical (unpaired) electrons. The lowest BCUT2D eigenvalue weighted by Crippen LogP contribution is -2.51. The van der Waals surface area contributed by atoms with Crippen LogP contribution in [0.2, 0.25) is 15.1 Å². The van der Waals surface area contributed by atoms with E-state index in [9.17, 15) is 13.2 Å². The largest absolute Gasteiger partial charge is 0.493 e. The van der Waals surface area contributed by atoms with E-state index in [2.05, 4.69) is 4.90 Å².